The summed E-state index contributed by atoms with van der Waals surface area (Å²) in [4.78, 5) is 187. The zero-order valence-electron chi connectivity index (χ0n) is 59.9. The van der Waals surface area contributed by atoms with Gasteiger partial charge in [0.25, 0.3) is 0 Å². The molecule has 3 saturated heterocycles. The third-order valence-electron chi connectivity index (χ3n) is 16.7. The molecule has 26 nitrogen and oxygen atoms in total. The number of ether oxygens (including phenoxy) is 4. The van der Waals surface area contributed by atoms with Gasteiger partial charge in [-0.2, -0.15) is 0 Å². The minimum atomic E-state index is -1.15. The van der Waals surface area contributed by atoms with Gasteiger partial charge in [0.2, 0.25) is 58.6 Å². The predicted octanol–water partition coefficient (Wildman–Crippen LogP) is 7.93. The maximum atomic E-state index is 13.7. The van der Waals surface area contributed by atoms with Crippen molar-refractivity contribution in [2.75, 3.05) is 26.3 Å². The molecule has 8 amide bonds. The molecule has 0 aromatic heterocycles. The first kappa shape index (κ1) is 81.8. The first-order chi connectivity index (χ1) is 47.3. The number of esters is 2. The van der Waals surface area contributed by atoms with Gasteiger partial charge >= 0.3 is 24.1 Å². The molecule has 6 N–H and O–H groups in total. The Labute approximate surface area is 587 Å². The molecule has 4 aliphatic heterocycles. The van der Waals surface area contributed by atoms with Crippen LogP contribution < -0.4 is 31.9 Å². The zero-order chi connectivity index (χ0) is 73.7. The van der Waals surface area contributed by atoms with E-state index in [4.69, 9.17) is 18.9 Å². The number of alkyl carbamates (subject to hydrolysis) is 2. The topological polar surface area (TPSA) is 355 Å². The third-order valence-corrected chi connectivity index (χ3v) is 16.7. The molecule has 4 aliphatic rings. The highest BCUT2D eigenvalue weighted by atomic mass is 16.6. The lowest BCUT2D eigenvalue weighted by molar-refractivity contribution is -0.159. The molecule has 0 radical (unpaired) electrons. The second kappa shape index (κ2) is 40.4. The van der Waals surface area contributed by atoms with Crippen molar-refractivity contribution in [3.8, 4) is 0 Å². The van der Waals surface area contributed by atoms with E-state index in [9.17, 15) is 67.1 Å². The van der Waals surface area contributed by atoms with Crippen LogP contribution in [-0.2, 0) is 76.5 Å². The molecule has 0 saturated carbocycles. The van der Waals surface area contributed by atoms with Gasteiger partial charge in [-0.05, 0) is 135 Å². The van der Waals surface area contributed by atoms with Gasteiger partial charge in [-0.15, -0.1) is 0 Å². The van der Waals surface area contributed by atoms with Gasteiger partial charge in [0.15, 0.2) is 12.1 Å². The average molecular weight is 1400 g/mol. The summed E-state index contributed by atoms with van der Waals surface area (Å²) in [5.74, 6) is -7.51. The first-order valence-electron chi connectivity index (χ1n) is 35.3. The Bertz CT molecular complexity index is 3180. The van der Waals surface area contributed by atoms with Crippen molar-refractivity contribution in [3.05, 3.63) is 83.9 Å². The van der Waals surface area contributed by atoms with Crippen LogP contribution in [0.15, 0.2) is 72.8 Å². The number of nitrogens with zero attached hydrogens (tertiary/aromatic N) is 2. The molecule has 6 rings (SSSR count). The summed E-state index contributed by atoms with van der Waals surface area (Å²) in [6.45, 7) is 18.9. The molecule has 4 heterocycles. The second-order valence-electron chi connectivity index (χ2n) is 28.7. The summed E-state index contributed by atoms with van der Waals surface area (Å²) < 4.78 is 21.5. The van der Waals surface area contributed by atoms with Crippen LogP contribution in [0.5, 0.6) is 0 Å². The van der Waals surface area contributed by atoms with Crippen LogP contribution in [0, 0.1) is 11.8 Å². The molecule has 8 atom stereocenters. The number of hydrogen-bond donors (Lipinski definition) is 6. The molecule has 2 aromatic carbocycles. The van der Waals surface area contributed by atoms with E-state index in [0.29, 0.717) is 94.8 Å². The first-order valence-corrected chi connectivity index (χ1v) is 35.3. The summed E-state index contributed by atoms with van der Waals surface area (Å²) in [6, 6.07) is 9.16. The summed E-state index contributed by atoms with van der Waals surface area (Å²) in [7, 11) is 0. The zero-order valence-corrected chi connectivity index (χ0v) is 59.9. The molecule has 26 heteroatoms. The lowest BCUT2D eigenvalue weighted by Crippen LogP contribution is -2.55. The van der Waals surface area contributed by atoms with Gasteiger partial charge < -0.3 is 60.6 Å². The fourth-order valence-corrected chi connectivity index (χ4v) is 11.7. The number of amides is 8. The van der Waals surface area contributed by atoms with Crippen molar-refractivity contribution in [1.29, 1.82) is 0 Å². The number of hydrogen-bond acceptors (Lipinski definition) is 18. The summed E-state index contributed by atoms with van der Waals surface area (Å²) in [6.07, 6.45) is 8.97. The molecule has 1 unspecified atom stereocenters. The Balaban J connectivity index is 0.000000361. The van der Waals surface area contributed by atoms with Crippen molar-refractivity contribution in [3.63, 3.8) is 0 Å². The highest BCUT2D eigenvalue weighted by molar-refractivity contribution is 6.40. The molecule has 0 bridgehead atoms. The van der Waals surface area contributed by atoms with E-state index in [-0.39, 0.29) is 56.6 Å². The summed E-state index contributed by atoms with van der Waals surface area (Å²) in [5.41, 5.74) is -0.587. The van der Waals surface area contributed by atoms with Crippen molar-refractivity contribution in [1.82, 2.24) is 41.7 Å². The fourth-order valence-electron chi connectivity index (χ4n) is 11.7. The van der Waals surface area contributed by atoms with E-state index >= 15 is 0 Å². The number of rotatable bonds is 22. The number of allylic oxidation sites excluding steroid dienone is 2. The normalized spacial score (nSPS) is 21.4. The van der Waals surface area contributed by atoms with E-state index in [1.165, 1.54) is 9.80 Å². The van der Waals surface area contributed by atoms with Crippen LogP contribution in [0.1, 0.15) is 221 Å². The maximum absolute atomic E-state index is 13.7. The van der Waals surface area contributed by atoms with E-state index in [0.717, 1.165) is 19.3 Å². The molecule has 3 fully saturated rings. The summed E-state index contributed by atoms with van der Waals surface area (Å²) in [5, 5.41) is 16.0. The van der Waals surface area contributed by atoms with Gasteiger partial charge in [-0.1, -0.05) is 133 Å². The van der Waals surface area contributed by atoms with Crippen molar-refractivity contribution >= 4 is 82.7 Å². The Hall–Kier alpha value is -8.84. The fraction of sp³-hybridized carbons (Fsp3) is 0.622. The van der Waals surface area contributed by atoms with E-state index < -0.39 is 149 Å². The van der Waals surface area contributed by atoms with Crippen LogP contribution in [0.2, 0.25) is 0 Å². The van der Waals surface area contributed by atoms with Crippen molar-refractivity contribution in [2.45, 2.75) is 257 Å². The molecular weight excluding hydrogens is 1290 g/mol. The van der Waals surface area contributed by atoms with Crippen LogP contribution >= 0.6 is 0 Å². The highest BCUT2D eigenvalue weighted by Crippen LogP contribution is 2.26. The standard InChI is InChI=1S/C37H54N4O9.C37H52N4O9/c2*1-24(2)23-49-36(48)39-27-18-13-8-6-7-12-17-26(38-33(45)28-19-14-22-41(28)34(27)46)32(44)29(42)20-21-30(43)40-31(25-15-10-9-11-16-25)35(47)50-37(3,4)5/h9-11,15-16,24,26-28,31H,6-8,12-14,17-23H2,1-5H3,(H,38,45)(H,39,48)(H,40,43);6,8-11,15-16,24,26-28,31H,7,12-14,17-23H2,1-5H3,(H,38,45)(H,39,48)(H,40,43)/b;8-6-/t26?,27-,28-,31-;26-,27-,28-,31-/m00/s1. The van der Waals surface area contributed by atoms with Crippen LogP contribution in [0.4, 0.5) is 9.59 Å². The molecule has 0 aliphatic carbocycles. The number of Topliss-reactive ketones (excluding diaryl/α,β-unsaturated/α-hetero) is 4. The number of benzene rings is 2. The largest absolute Gasteiger partial charge is 0.458 e. The number of carbonyl (C=O) groups is 14. The summed E-state index contributed by atoms with van der Waals surface area (Å²) >= 11 is 0. The Morgan fingerprint density at radius 2 is 0.850 bits per heavy atom. The monoisotopic (exact) mass is 1390 g/mol. The van der Waals surface area contributed by atoms with E-state index in [1.807, 2.05) is 39.8 Å². The van der Waals surface area contributed by atoms with Gasteiger partial charge in [0, 0.05) is 38.8 Å². The molecule has 2 aromatic rings. The highest BCUT2D eigenvalue weighted by Gasteiger charge is 2.42. The quantitative estimate of drug-likeness (QED) is 0.0282. The molecule has 0 spiro atoms. The van der Waals surface area contributed by atoms with Crippen molar-refractivity contribution < 1.29 is 86.1 Å². The van der Waals surface area contributed by atoms with E-state index in [2.05, 4.69) is 31.9 Å². The van der Waals surface area contributed by atoms with Gasteiger partial charge in [-0.25, -0.2) is 19.2 Å². The molecule has 100 heavy (non-hydrogen) atoms. The van der Waals surface area contributed by atoms with E-state index in [1.54, 1.807) is 102 Å². The maximum Gasteiger partial charge on any atom is 0.407 e. The van der Waals surface area contributed by atoms with Crippen LogP contribution in [0.25, 0.3) is 0 Å². The molecular formula is C74H106N8O18. The molecule has 550 valence electrons. The third kappa shape index (κ3) is 28.1. The lowest BCUT2D eigenvalue weighted by atomic mass is 9.97. The Morgan fingerprint density at radius 3 is 1.26 bits per heavy atom. The van der Waals surface area contributed by atoms with Crippen molar-refractivity contribution in [2.24, 2.45) is 11.8 Å². The minimum Gasteiger partial charge on any atom is -0.458 e. The number of carbonyl (C=O) groups excluding carboxylic acids is 14. The van der Waals surface area contributed by atoms with Gasteiger partial charge in [-0.3, -0.25) is 47.9 Å². The smallest absolute Gasteiger partial charge is 0.407 e. The predicted molar refractivity (Wildman–Crippen MR) is 369 cm³/mol. The van der Waals surface area contributed by atoms with Gasteiger partial charge in [0.1, 0.15) is 35.4 Å². The lowest BCUT2D eigenvalue weighted by Gasteiger charge is -2.30. The average Bonchev–Trinajstić information content (AvgIpc) is 1.63. The number of nitrogens with one attached hydrogen (secondary N) is 6. The van der Waals surface area contributed by atoms with Crippen LogP contribution in [0.3, 0.4) is 0 Å². The number of fused-ring (bicyclic) bond motifs is 2. The van der Waals surface area contributed by atoms with Gasteiger partial charge in [0.05, 0.1) is 25.3 Å². The second-order valence-corrected chi connectivity index (χ2v) is 28.7. The van der Waals surface area contributed by atoms with Crippen LogP contribution in [-0.4, -0.2) is 166 Å². The Morgan fingerprint density at radius 1 is 0.470 bits per heavy atom. The number of ketones is 4. The SMILES string of the molecule is CC(C)COC(=O)N[C@H]1CC/C=C\CCC[C@@H](C(=O)C(=O)CCC(=O)N[C@H](C(=O)OC(C)(C)C)c2ccccc2)NC(=O)[C@@H]2CCCN2C1=O.CC(C)COC(=O)N[C@H]1CCCCCCCC(C(=O)C(=O)CCC(=O)N[C@H](C(=O)OC(C)(C)C)c2ccccc2)NC(=O)[C@@H]2CCCN2C1=O. The minimum absolute atomic E-state index is 0.117. The Kier molecular flexibility index (Phi) is 33.1.